The Morgan fingerprint density at radius 1 is 1.00 bits per heavy atom. The van der Waals surface area contributed by atoms with Crippen LogP contribution < -0.4 is 19.5 Å². The molecule has 0 saturated heterocycles. The van der Waals surface area contributed by atoms with Crippen molar-refractivity contribution < 1.29 is 28.5 Å². The summed E-state index contributed by atoms with van der Waals surface area (Å²) in [5.41, 5.74) is 2.04. The number of nitrogens with one attached hydrogen (secondary N) is 1. The van der Waals surface area contributed by atoms with Crippen LogP contribution in [-0.4, -0.2) is 48.7 Å². The molecule has 182 valence electrons. The average molecular weight is 496 g/mol. The molecule has 0 saturated carbocycles. The number of thiazole rings is 1. The van der Waals surface area contributed by atoms with Crippen molar-refractivity contribution in [2.45, 2.75) is 20.0 Å². The standard InChI is InChI=1S/C25H25N3O6S/c1-14(2)34-24(30)18-12-28-13-21(35-25(28)27-18)16-8-6-7-9-17(16)26-23(29)15-10-19(31-3)22(33-5)20(11-15)32-4/h6-14H,1-5H3,(H,26,29). The summed E-state index contributed by atoms with van der Waals surface area (Å²) < 4.78 is 23.0. The van der Waals surface area contributed by atoms with E-state index in [0.717, 1.165) is 10.4 Å². The summed E-state index contributed by atoms with van der Waals surface area (Å²) in [7, 11) is 4.50. The van der Waals surface area contributed by atoms with Gasteiger partial charge < -0.3 is 24.3 Å². The van der Waals surface area contributed by atoms with Gasteiger partial charge in [-0.25, -0.2) is 9.78 Å². The van der Waals surface area contributed by atoms with Crippen LogP contribution in [0.2, 0.25) is 0 Å². The number of ether oxygens (including phenoxy) is 4. The summed E-state index contributed by atoms with van der Waals surface area (Å²) in [4.78, 5) is 31.2. The third-order valence-electron chi connectivity index (χ3n) is 5.08. The number of imidazole rings is 1. The Balaban J connectivity index is 1.63. The first-order valence-corrected chi connectivity index (χ1v) is 11.6. The highest BCUT2D eigenvalue weighted by molar-refractivity contribution is 7.20. The summed E-state index contributed by atoms with van der Waals surface area (Å²) in [6.45, 7) is 3.58. The molecule has 0 unspecified atom stereocenters. The number of rotatable bonds is 8. The Kier molecular flexibility index (Phi) is 6.92. The summed E-state index contributed by atoms with van der Waals surface area (Å²) in [5.74, 6) is 0.380. The molecular weight excluding hydrogens is 470 g/mol. The van der Waals surface area contributed by atoms with Crippen molar-refractivity contribution in [3.63, 3.8) is 0 Å². The highest BCUT2D eigenvalue weighted by Gasteiger charge is 2.20. The number of carbonyl (C=O) groups excluding carboxylic acids is 2. The maximum Gasteiger partial charge on any atom is 0.358 e. The van der Waals surface area contributed by atoms with Gasteiger partial charge in [0, 0.05) is 29.2 Å². The number of benzene rings is 2. The summed E-state index contributed by atoms with van der Waals surface area (Å²) in [5, 5.41) is 2.97. The van der Waals surface area contributed by atoms with Gasteiger partial charge in [0.1, 0.15) is 0 Å². The number of hydrogen-bond acceptors (Lipinski definition) is 8. The zero-order chi connectivity index (χ0) is 25.1. The Morgan fingerprint density at radius 3 is 2.29 bits per heavy atom. The third-order valence-corrected chi connectivity index (χ3v) is 6.11. The second kappa shape index (κ2) is 10.1. The highest BCUT2D eigenvalue weighted by atomic mass is 32.1. The number of methoxy groups -OCH3 is 3. The number of esters is 1. The topological polar surface area (TPSA) is 100 Å². The maximum absolute atomic E-state index is 13.1. The molecule has 0 atom stereocenters. The number of aromatic nitrogens is 2. The summed E-state index contributed by atoms with van der Waals surface area (Å²) in [6.07, 6.45) is 3.28. The fraction of sp³-hybridized carbons (Fsp3) is 0.240. The number of amides is 1. The van der Waals surface area contributed by atoms with Gasteiger partial charge in [0.25, 0.3) is 5.91 Å². The van der Waals surface area contributed by atoms with E-state index in [1.54, 1.807) is 36.6 Å². The largest absolute Gasteiger partial charge is 0.493 e. The van der Waals surface area contributed by atoms with E-state index >= 15 is 0 Å². The number of anilines is 1. The Morgan fingerprint density at radius 2 is 1.69 bits per heavy atom. The van der Waals surface area contributed by atoms with E-state index in [9.17, 15) is 9.59 Å². The summed E-state index contributed by atoms with van der Waals surface area (Å²) >= 11 is 1.40. The fourth-order valence-electron chi connectivity index (χ4n) is 3.51. The smallest absolute Gasteiger partial charge is 0.358 e. The van der Waals surface area contributed by atoms with E-state index in [2.05, 4.69) is 10.3 Å². The van der Waals surface area contributed by atoms with Crippen LogP contribution in [0.4, 0.5) is 5.69 Å². The fourth-order valence-corrected chi connectivity index (χ4v) is 4.51. The predicted molar refractivity (Wildman–Crippen MR) is 133 cm³/mol. The van der Waals surface area contributed by atoms with Gasteiger partial charge in [0.15, 0.2) is 22.2 Å². The molecule has 0 fully saturated rings. The second-order valence-corrected chi connectivity index (χ2v) is 8.79. The second-order valence-electron chi connectivity index (χ2n) is 7.78. The van der Waals surface area contributed by atoms with Crippen molar-refractivity contribution in [1.82, 2.24) is 9.38 Å². The van der Waals surface area contributed by atoms with Crippen LogP contribution in [0.25, 0.3) is 15.4 Å². The molecule has 4 aromatic rings. The SMILES string of the molecule is COc1cc(C(=O)Nc2ccccc2-c2cn3cc(C(=O)OC(C)C)nc3s2)cc(OC)c1OC. The van der Waals surface area contributed by atoms with E-state index in [0.29, 0.717) is 33.5 Å². The van der Waals surface area contributed by atoms with Gasteiger partial charge in [0.05, 0.1) is 32.3 Å². The van der Waals surface area contributed by atoms with Crippen LogP contribution in [-0.2, 0) is 4.74 Å². The molecule has 2 aromatic heterocycles. The molecule has 0 radical (unpaired) electrons. The van der Waals surface area contributed by atoms with Crippen molar-refractivity contribution in [2.75, 3.05) is 26.6 Å². The van der Waals surface area contributed by atoms with Crippen molar-refractivity contribution in [1.29, 1.82) is 0 Å². The molecule has 0 aliphatic carbocycles. The lowest BCUT2D eigenvalue weighted by molar-refractivity contribution is 0.0371. The van der Waals surface area contributed by atoms with Crippen molar-refractivity contribution in [3.8, 4) is 27.7 Å². The molecule has 10 heteroatoms. The molecule has 0 aliphatic heterocycles. The molecule has 0 aliphatic rings. The number of carbonyl (C=O) groups is 2. The zero-order valence-electron chi connectivity index (χ0n) is 19.9. The third kappa shape index (κ3) is 4.92. The van der Waals surface area contributed by atoms with Gasteiger partial charge >= 0.3 is 5.97 Å². The minimum Gasteiger partial charge on any atom is -0.493 e. The van der Waals surface area contributed by atoms with Gasteiger partial charge in [-0.15, -0.1) is 0 Å². The molecule has 2 aromatic carbocycles. The van der Waals surface area contributed by atoms with Gasteiger partial charge in [-0.1, -0.05) is 29.5 Å². The number of nitrogens with zero attached hydrogens (tertiary/aromatic N) is 2. The predicted octanol–water partition coefficient (Wildman–Crippen LogP) is 4.91. The molecule has 35 heavy (non-hydrogen) atoms. The van der Waals surface area contributed by atoms with Crippen LogP contribution >= 0.6 is 11.3 Å². The van der Waals surface area contributed by atoms with E-state index < -0.39 is 5.97 Å². The summed E-state index contributed by atoms with van der Waals surface area (Å²) in [6, 6.07) is 10.6. The van der Waals surface area contributed by atoms with Crippen LogP contribution in [0.3, 0.4) is 0 Å². The lowest BCUT2D eigenvalue weighted by Gasteiger charge is -2.15. The van der Waals surface area contributed by atoms with Crippen LogP contribution in [0.1, 0.15) is 34.7 Å². The molecule has 1 amide bonds. The molecule has 1 N–H and O–H groups in total. The highest BCUT2D eigenvalue weighted by Crippen LogP contribution is 2.39. The molecule has 0 spiro atoms. The van der Waals surface area contributed by atoms with Gasteiger partial charge in [0.2, 0.25) is 5.75 Å². The van der Waals surface area contributed by atoms with Crippen LogP contribution in [0.5, 0.6) is 17.2 Å². The minimum absolute atomic E-state index is 0.223. The first-order chi connectivity index (χ1) is 16.8. The van der Waals surface area contributed by atoms with Gasteiger partial charge in [-0.3, -0.25) is 9.20 Å². The lowest BCUT2D eigenvalue weighted by atomic mass is 10.1. The number of fused-ring (bicyclic) bond motifs is 1. The number of para-hydroxylation sites is 1. The van der Waals surface area contributed by atoms with E-state index in [4.69, 9.17) is 18.9 Å². The zero-order valence-corrected chi connectivity index (χ0v) is 20.8. The molecule has 4 rings (SSSR count). The maximum atomic E-state index is 13.1. The van der Waals surface area contributed by atoms with E-state index in [1.165, 1.54) is 32.7 Å². The monoisotopic (exact) mass is 495 g/mol. The van der Waals surface area contributed by atoms with E-state index in [1.807, 2.05) is 30.5 Å². The molecular formula is C25H25N3O6S. The Labute approximate surface area is 206 Å². The lowest BCUT2D eigenvalue weighted by Crippen LogP contribution is -2.13. The Hall–Kier alpha value is -4.05. The molecule has 9 nitrogen and oxygen atoms in total. The van der Waals surface area contributed by atoms with Crippen LogP contribution in [0.15, 0.2) is 48.8 Å². The van der Waals surface area contributed by atoms with Gasteiger partial charge in [-0.05, 0) is 32.0 Å². The molecule has 2 heterocycles. The van der Waals surface area contributed by atoms with E-state index in [-0.39, 0.29) is 17.7 Å². The normalized spacial score (nSPS) is 10.9. The Bertz CT molecular complexity index is 1330. The number of hydrogen-bond donors (Lipinski definition) is 1. The van der Waals surface area contributed by atoms with Crippen molar-refractivity contribution in [3.05, 3.63) is 60.0 Å². The van der Waals surface area contributed by atoms with Crippen molar-refractivity contribution >= 4 is 33.9 Å². The minimum atomic E-state index is -0.463. The first-order valence-electron chi connectivity index (χ1n) is 10.7. The average Bonchev–Trinajstić information content (AvgIpc) is 3.42. The first kappa shape index (κ1) is 24.1. The van der Waals surface area contributed by atoms with Crippen LogP contribution in [0, 0.1) is 0 Å². The quantitative estimate of drug-likeness (QED) is 0.347. The molecule has 0 bridgehead atoms. The van der Waals surface area contributed by atoms with Crippen molar-refractivity contribution in [2.24, 2.45) is 0 Å². The van der Waals surface area contributed by atoms with Gasteiger partial charge in [-0.2, -0.15) is 0 Å².